The van der Waals surface area contributed by atoms with Crippen LogP contribution in [-0.2, 0) is 0 Å². The van der Waals surface area contributed by atoms with Crippen LogP contribution in [0.1, 0.15) is 31.9 Å². The standard InChI is InChI=1S/C9H12BrClN2/c1-3-7(6(2)11)9-8(10)4-12-5-13-9/h4-7H,3H2,1-2H3. The Bertz CT molecular complexity index is 278. The van der Waals surface area contributed by atoms with E-state index in [1.165, 1.54) is 0 Å². The van der Waals surface area contributed by atoms with Gasteiger partial charge in [-0.05, 0) is 29.3 Å². The second-order valence-electron chi connectivity index (χ2n) is 2.95. The zero-order valence-electron chi connectivity index (χ0n) is 7.67. The third-order valence-corrected chi connectivity index (χ3v) is 2.96. The van der Waals surface area contributed by atoms with Gasteiger partial charge in [-0.1, -0.05) is 6.92 Å². The minimum absolute atomic E-state index is 0.0937. The fourth-order valence-electron chi connectivity index (χ4n) is 1.33. The predicted octanol–water partition coefficient (Wildman–Crippen LogP) is 3.36. The Hall–Kier alpha value is -0.150. The Morgan fingerprint density at radius 3 is 2.77 bits per heavy atom. The number of hydrogen-bond acceptors (Lipinski definition) is 2. The van der Waals surface area contributed by atoms with Gasteiger partial charge >= 0.3 is 0 Å². The third kappa shape index (κ3) is 2.64. The van der Waals surface area contributed by atoms with Crippen molar-refractivity contribution in [3.05, 3.63) is 22.7 Å². The van der Waals surface area contributed by atoms with Crippen molar-refractivity contribution >= 4 is 27.5 Å². The highest BCUT2D eigenvalue weighted by atomic mass is 79.9. The van der Waals surface area contributed by atoms with Gasteiger partial charge in [0.15, 0.2) is 0 Å². The van der Waals surface area contributed by atoms with E-state index >= 15 is 0 Å². The molecule has 0 aliphatic rings. The zero-order chi connectivity index (χ0) is 9.84. The number of nitrogens with zero attached hydrogens (tertiary/aromatic N) is 2. The molecule has 0 fully saturated rings. The fourth-order valence-corrected chi connectivity index (χ4v) is 2.14. The summed E-state index contributed by atoms with van der Waals surface area (Å²) in [6, 6.07) is 0. The Morgan fingerprint density at radius 1 is 1.62 bits per heavy atom. The number of rotatable bonds is 3. The van der Waals surface area contributed by atoms with Crippen molar-refractivity contribution in [3.8, 4) is 0 Å². The first kappa shape index (κ1) is 10.9. The molecule has 0 bridgehead atoms. The lowest BCUT2D eigenvalue weighted by atomic mass is 9.99. The topological polar surface area (TPSA) is 25.8 Å². The molecule has 4 heteroatoms. The summed E-state index contributed by atoms with van der Waals surface area (Å²) in [5, 5.41) is 0.0937. The van der Waals surface area contributed by atoms with Crippen LogP contribution < -0.4 is 0 Å². The van der Waals surface area contributed by atoms with Gasteiger partial charge in [-0.3, -0.25) is 0 Å². The molecule has 0 aliphatic carbocycles. The summed E-state index contributed by atoms with van der Waals surface area (Å²) in [6.45, 7) is 4.10. The summed E-state index contributed by atoms with van der Waals surface area (Å²) in [5.74, 6) is 0.291. The maximum Gasteiger partial charge on any atom is 0.115 e. The smallest absolute Gasteiger partial charge is 0.115 e. The molecule has 0 radical (unpaired) electrons. The molecule has 0 N–H and O–H groups in total. The molecule has 2 nitrogen and oxygen atoms in total. The van der Waals surface area contributed by atoms with E-state index in [0.717, 1.165) is 16.6 Å². The quantitative estimate of drug-likeness (QED) is 0.782. The fraction of sp³-hybridized carbons (Fsp3) is 0.556. The van der Waals surface area contributed by atoms with Crippen molar-refractivity contribution in [1.82, 2.24) is 9.97 Å². The minimum atomic E-state index is 0.0937. The van der Waals surface area contributed by atoms with Gasteiger partial charge in [-0.25, -0.2) is 9.97 Å². The lowest BCUT2D eigenvalue weighted by molar-refractivity contribution is 0.625. The highest BCUT2D eigenvalue weighted by molar-refractivity contribution is 9.10. The molecular formula is C9H12BrClN2. The number of hydrogen-bond donors (Lipinski definition) is 0. The first-order valence-corrected chi connectivity index (χ1v) is 5.49. The molecule has 0 spiro atoms. The van der Waals surface area contributed by atoms with Gasteiger partial charge in [0.1, 0.15) is 6.33 Å². The van der Waals surface area contributed by atoms with Crippen molar-refractivity contribution in [2.45, 2.75) is 31.6 Å². The summed E-state index contributed by atoms with van der Waals surface area (Å²) in [6.07, 6.45) is 4.30. The van der Waals surface area contributed by atoms with Gasteiger partial charge in [0, 0.05) is 17.5 Å². The highest BCUT2D eigenvalue weighted by Gasteiger charge is 2.18. The Balaban J connectivity index is 2.97. The van der Waals surface area contributed by atoms with Crippen LogP contribution in [0.4, 0.5) is 0 Å². The zero-order valence-corrected chi connectivity index (χ0v) is 10.0. The molecule has 13 heavy (non-hydrogen) atoms. The van der Waals surface area contributed by atoms with Crippen LogP contribution >= 0.6 is 27.5 Å². The lowest BCUT2D eigenvalue weighted by Crippen LogP contribution is -2.11. The van der Waals surface area contributed by atoms with Gasteiger partial charge in [0.25, 0.3) is 0 Å². The van der Waals surface area contributed by atoms with Crippen molar-refractivity contribution in [1.29, 1.82) is 0 Å². The van der Waals surface area contributed by atoms with Crippen LogP contribution in [0.25, 0.3) is 0 Å². The molecule has 1 aromatic rings. The van der Waals surface area contributed by atoms with Crippen LogP contribution in [0, 0.1) is 0 Å². The van der Waals surface area contributed by atoms with Gasteiger partial charge in [-0.15, -0.1) is 11.6 Å². The van der Waals surface area contributed by atoms with E-state index in [4.69, 9.17) is 11.6 Å². The summed E-state index contributed by atoms with van der Waals surface area (Å²) < 4.78 is 0.939. The second kappa shape index (κ2) is 4.91. The monoisotopic (exact) mass is 262 g/mol. The normalized spacial score (nSPS) is 15.4. The van der Waals surface area contributed by atoms with Crippen LogP contribution in [0.15, 0.2) is 17.0 Å². The average Bonchev–Trinajstić information content (AvgIpc) is 2.09. The summed E-state index contributed by atoms with van der Waals surface area (Å²) in [5.41, 5.74) is 1.00. The Labute approximate surface area is 91.9 Å². The molecule has 0 saturated heterocycles. The van der Waals surface area contributed by atoms with Crippen LogP contribution in [-0.4, -0.2) is 15.3 Å². The molecule has 0 amide bonds. The van der Waals surface area contributed by atoms with E-state index in [2.05, 4.69) is 32.8 Å². The van der Waals surface area contributed by atoms with Crippen LogP contribution in [0.5, 0.6) is 0 Å². The third-order valence-electron chi connectivity index (χ3n) is 2.04. The first-order chi connectivity index (χ1) is 6.16. The summed E-state index contributed by atoms with van der Waals surface area (Å²) in [7, 11) is 0. The molecule has 0 aromatic carbocycles. The van der Waals surface area contributed by atoms with Gasteiger partial charge in [0.2, 0.25) is 0 Å². The lowest BCUT2D eigenvalue weighted by Gasteiger charge is -2.17. The minimum Gasteiger partial charge on any atom is -0.244 e. The van der Waals surface area contributed by atoms with Crippen LogP contribution in [0.2, 0.25) is 0 Å². The predicted molar refractivity (Wildman–Crippen MR) is 58.1 cm³/mol. The summed E-state index contributed by atoms with van der Waals surface area (Å²) >= 11 is 9.49. The number of halogens is 2. The Morgan fingerprint density at radius 2 is 2.31 bits per heavy atom. The molecular weight excluding hydrogens is 251 g/mol. The highest BCUT2D eigenvalue weighted by Crippen LogP contribution is 2.29. The molecule has 1 aromatic heterocycles. The van der Waals surface area contributed by atoms with Gasteiger partial charge in [-0.2, -0.15) is 0 Å². The van der Waals surface area contributed by atoms with E-state index in [0.29, 0.717) is 5.92 Å². The maximum atomic E-state index is 6.07. The van der Waals surface area contributed by atoms with Crippen LogP contribution in [0.3, 0.4) is 0 Å². The largest absolute Gasteiger partial charge is 0.244 e. The van der Waals surface area contributed by atoms with E-state index in [1.807, 2.05) is 6.92 Å². The van der Waals surface area contributed by atoms with Crippen molar-refractivity contribution in [2.24, 2.45) is 0 Å². The molecule has 0 aliphatic heterocycles. The van der Waals surface area contributed by atoms with E-state index in [-0.39, 0.29) is 5.38 Å². The molecule has 72 valence electrons. The molecule has 2 atom stereocenters. The van der Waals surface area contributed by atoms with Gasteiger partial charge < -0.3 is 0 Å². The van der Waals surface area contributed by atoms with Crippen molar-refractivity contribution in [3.63, 3.8) is 0 Å². The first-order valence-electron chi connectivity index (χ1n) is 4.26. The van der Waals surface area contributed by atoms with E-state index < -0.39 is 0 Å². The maximum absolute atomic E-state index is 6.07. The van der Waals surface area contributed by atoms with E-state index in [1.54, 1.807) is 12.5 Å². The van der Waals surface area contributed by atoms with Crippen molar-refractivity contribution in [2.75, 3.05) is 0 Å². The molecule has 0 saturated carbocycles. The van der Waals surface area contributed by atoms with Crippen molar-refractivity contribution < 1.29 is 0 Å². The van der Waals surface area contributed by atoms with E-state index in [9.17, 15) is 0 Å². The molecule has 2 unspecified atom stereocenters. The second-order valence-corrected chi connectivity index (χ2v) is 4.49. The SMILES string of the molecule is CCC(c1ncncc1Br)C(C)Cl. The Kier molecular flexibility index (Phi) is 4.13. The summed E-state index contributed by atoms with van der Waals surface area (Å²) in [4.78, 5) is 8.15. The molecule has 1 rings (SSSR count). The van der Waals surface area contributed by atoms with Gasteiger partial charge in [0.05, 0.1) is 10.2 Å². The number of aromatic nitrogens is 2. The number of alkyl halides is 1. The molecule has 1 heterocycles. The average molecular weight is 264 g/mol.